The van der Waals surface area contributed by atoms with Crippen molar-refractivity contribution in [2.45, 2.75) is 6.04 Å². The van der Waals surface area contributed by atoms with Crippen LogP contribution in [-0.2, 0) is 4.79 Å². The summed E-state index contributed by atoms with van der Waals surface area (Å²) < 4.78 is 0. The minimum atomic E-state index is -0.827. The number of carboxylic acids is 1. The number of aliphatic carboxylic acids is 1. The summed E-state index contributed by atoms with van der Waals surface area (Å²) in [7, 11) is 3.34. The Hall–Kier alpha value is -0.610. The largest absolute Gasteiger partial charge is 0.480 e. The van der Waals surface area contributed by atoms with Crippen LogP contribution >= 0.6 is 0 Å². The van der Waals surface area contributed by atoms with Crippen molar-refractivity contribution in [3.8, 4) is 0 Å². The van der Waals surface area contributed by atoms with Crippen LogP contribution in [0.1, 0.15) is 0 Å². The molecule has 0 aliphatic rings. The molecule has 4 heteroatoms. The smallest absolute Gasteiger partial charge is 0.322 e. The van der Waals surface area contributed by atoms with Crippen LogP contribution in [0.15, 0.2) is 0 Å². The van der Waals surface area contributed by atoms with Crippen molar-refractivity contribution in [2.75, 3.05) is 20.6 Å². The molecule has 0 unspecified atom stereocenters. The fourth-order valence-electron chi connectivity index (χ4n) is 0.517. The molecular formula is C5H12N2O2. The van der Waals surface area contributed by atoms with Crippen molar-refractivity contribution in [2.24, 2.45) is 0 Å². The highest BCUT2D eigenvalue weighted by molar-refractivity contribution is 5.73. The van der Waals surface area contributed by atoms with Crippen molar-refractivity contribution < 1.29 is 9.90 Å². The van der Waals surface area contributed by atoms with Crippen LogP contribution in [0.5, 0.6) is 0 Å². The van der Waals surface area contributed by atoms with E-state index in [1.807, 2.05) is 0 Å². The fourth-order valence-corrected chi connectivity index (χ4v) is 0.517. The van der Waals surface area contributed by atoms with Gasteiger partial charge in [0.15, 0.2) is 0 Å². The molecule has 0 aliphatic heterocycles. The Balaban J connectivity index is 3.54. The van der Waals surface area contributed by atoms with Crippen LogP contribution < -0.4 is 10.6 Å². The zero-order chi connectivity index (χ0) is 7.28. The lowest BCUT2D eigenvalue weighted by Crippen LogP contribution is -2.41. The van der Waals surface area contributed by atoms with Crippen LogP contribution in [0.3, 0.4) is 0 Å². The van der Waals surface area contributed by atoms with Crippen LogP contribution in [-0.4, -0.2) is 37.8 Å². The van der Waals surface area contributed by atoms with Crippen molar-refractivity contribution in [1.29, 1.82) is 0 Å². The topological polar surface area (TPSA) is 61.4 Å². The quantitative estimate of drug-likeness (QED) is 0.453. The Morgan fingerprint density at radius 3 is 2.33 bits per heavy atom. The second kappa shape index (κ2) is 4.29. The SMILES string of the molecule is CNC[C@@H](NC)C(=O)O. The molecule has 9 heavy (non-hydrogen) atoms. The van der Waals surface area contributed by atoms with Gasteiger partial charge in [0.1, 0.15) is 6.04 Å². The maximum absolute atomic E-state index is 10.2. The first-order valence-electron chi connectivity index (χ1n) is 2.77. The van der Waals surface area contributed by atoms with Crippen molar-refractivity contribution in [1.82, 2.24) is 10.6 Å². The normalized spacial score (nSPS) is 13.1. The van der Waals surface area contributed by atoms with Crippen LogP contribution in [0.25, 0.3) is 0 Å². The third kappa shape index (κ3) is 3.05. The molecule has 0 aromatic heterocycles. The van der Waals surface area contributed by atoms with E-state index in [-0.39, 0.29) is 0 Å². The van der Waals surface area contributed by atoms with Crippen LogP contribution in [0, 0.1) is 0 Å². The van der Waals surface area contributed by atoms with E-state index in [9.17, 15) is 4.79 Å². The van der Waals surface area contributed by atoms with Gasteiger partial charge in [-0.25, -0.2) is 0 Å². The highest BCUT2D eigenvalue weighted by atomic mass is 16.4. The Morgan fingerprint density at radius 2 is 2.22 bits per heavy atom. The summed E-state index contributed by atoms with van der Waals surface area (Å²) in [4.78, 5) is 10.2. The molecule has 1 atom stereocenters. The van der Waals surface area contributed by atoms with Crippen molar-refractivity contribution >= 4 is 5.97 Å². The molecule has 0 aromatic carbocycles. The van der Waals surface area contributed by atoms with E-state index >= 15 is 0 Å². The first-order chi connectivity index (χ1) is 4.22. The molecular weight excluding hydrogens is 120 g/mol. The second-order valence-electron chi connectivity index (χ2n) is 1.74. The summed E-state index contributed by atoms with van der Waals surface area (Å²) in [6.07, 6.45) is 0. The molecule has 0 rings (SSSR count). The van der Waals surface area contributed by atoms with Crippen LogP contribution in [0.4, 0.5) is 0 Å². The molecule has 0 amide bonds. The van der Waals surface area contributed by atoms with Gasteiger partial charge < -0.3 is 15.7 Å². The van der Waals surface area contributed by atoms with Gasteiger partial charge in [-0.2, -0.15) is 0 Å². The van der Waals surface area contributed by atoms with Gasteiger partial charge in [0, 0.05) is 6.54 Å². The van der Waals surface area contributed by atoms with Gasteiger partial charge in [-0.15, -0.1) is 0 Å². The van der Waals surface area contributed by atoms with E-state index in [2.05, 4.69) is 10.6 Å². The molecule has 0 radical (unpaired) electrons. The van der Waals surface area contributed by atoms with E-state index in [1.165, 1.54) is 0 Å². The van der Waals surface area contributed by atoms with Gasteiger partial charge in [0.2, 0.25) is 0 Å². The molecule has 0 bridgehead atoms. The average Bonchev–Trinajstić information content (AvgIpc) is 1.82. The van der Waals surface area contributed by atoms with Crippen molar-refractivity contribution in [3.05, 3.63) is 0 Å². The van der Waals surface area contributed by atoms with E-state index in [0.717, 1.165) is 0 Å². The number of hydrogen-bond donors (Lipinski definition) is 3. The monoisotopic (exact) mass is 132 g/mol. The van der Waals surface area contributed by atoms with E-state index < -0.39 is 12.0 Å². The Morgan fingerprint density at radius 1 is 1.67 bits per heavy atom. The van der Waals surface area contributed by atoms with Gasteiger partial charge in [0.05, 0.1) is 0 Å². The zero-order valence-corrected chi connectivity index (χ0v) is 5.64. The summed E-state index contributed by atoms with van der Waals surface area (Å²) in [5.74, 6) is -0.827. The Kier molecular flexibility index (Phi) is 4.00. The third-order valence-electron chi connectivity index (χ3n) is 1.05. The predicted octanol–water partition coefficient (Wildman–Crippen LogP) is -1.12. The number of rotatable bonds is 4. The van der Waals surface area contributed by atoms with Gasteiger partial charge in [-0.05, 0) is 14.1 Å². The molecule has 0 heterocycles. The van der Waals surface area contributed by atoms with Gasteiger partial charge in [0.25, 0.3) is 0 Å². The lowest BCUT2D eigenvalue weighted by molar-refractivity contribution is -0.139. The van der Waals surface area contributed by atoms with Crippen molar-refractivity contribution in [3.63, 3.8) is 0 Å². The molecule has 54 valence electrons. The molecule has 0 saturated carbocycles. The van der Waals surface area contributed by atoms with E-state index in [4.69, 9.17) is 5.11 Å². The first kappa shape index (κ1) is 8.39. The first-order valence-corrected chi connectivity index (χ1v) is 2.77. The second-order valence-corrected chi connectivity index (χ2v) is 1.74. The molecule has 0 aromatic rings. The average molecular weight is 132 g/mol. The Labute approximate surface area is 54.3 Å². The zero-order valence-electron chi connectivity index (χ0n) is 5.64. The minimum absolute atomic E-state index is 0.450. The van der Waals surface area contributed by atoms with E-state index in [0.29, 0.717) is 6.54 Å². The molecule has 0 saturated heterocycles. The lowest BCUT2D eigenvalue weighted by atomic mass is 10.3. The Bertz CT molecular complexity index is 95.0. The molecule has 0 fully saturated rings. The van der Waals surface area contributed by atoms with Gasteiger partial charge in [-0.3, -0.25) is 4.79 Å². The highest BCUT2D eigenvalue weighted by Gasteiger charge is 2.11. The lowest BCUT2D eigenvalue weighted by Gasteiger charge is -2.08. The van der Waals surface area contributed by atoms with Crippen LogP contribution in [0.2, 0.25) is 0 Å². The number of hydrogen-bond acceptors (Lipinski definition) is 3. The van der Waals surface area contributed by atoms with Gasteiger partial charge in [-0.1, -0.05) is 0 Å². The maximum Gasteiger partial charge on any atom is 0.322 e. The minimum Gasteiger partial charge on any atom is -0.480 e. The molecule has 4 nitrogen and oxygen atoms in total. The van der Waals surface area contributed by atoms with Gasteiger partial charge >= 0.3 is 5.97 Å². The van der Waals surface area contributed by atoms with E-state index in [1.54, 1.807) is 14.1 Å². The third-order valence-corrected chi connectivity index (χ3v) is 1.05. The fraction of sp³-hybridized carbons (Fsp3) is 0.800. The summed E-state index contributed by atoms with van der Waals surface area (Å²) in [6.45, 7) is 0.450. The summed E-state index contributed by atoms with van der Waals surface area (Å²) in [5.41, 5.74) is 0. The number of carbonyl (C=O) groups is 1. The maximum atomic E-state index is 10.2. The molecule has 0 spiro atoms. The number of nitrogens with one attached hydrogen (secondary N) is 2. The standard InChI is InChI=1S/C5H12N2O2/c1-6-3-4(7-2)5(8)9/h4,6-7H,3H2,1-2H3,(H,8,9)/t4-/m1/s1. The summed E-state index contributed by atoms with van der Waals surface area (Å²) in [5, 5.41) is 13.8. The summed E-state index contributed by atoms with van der Waals surface area (Å²) >= 11 is 0. The predicted molar refractivity (Wildman–Crippen MR) is 34.4 cm³/mol. The highest BCUT2D eigenvalue weighted by Crippen LogP contribution is 1.77. The summed E-state index contributed by atoms with van der Waals surface area (Å²) in [6, 6.07) is -0.477. The molecule has 3 N–H and O–H groups in total. The molecule has 0 aliphatic carbocycles. The number of carboxylic acid groups (broad SMARTS) is 1. The number of likely N-dealkylation sites (N-methyl/N-ethyl adjacent to an activating group) is 2.